The van der Waals surface area contributed by atoms with Crippen LogP contribution >= 0.6 is 0 Å². The first-order chi connectivity index (χ1) is 8.82. The number of carboxylic acid groups (broad SMARTS) is 1. The fourth-order valence-corrected chi connectivity index (χ4v) is 2.90. The Balaban J connectivity index is 2.66. The van der Waals surface area contributed by atoms with Crippen LogP contribution in [0.4, 0.5) is 0 Å². The number of nitrogens with zero attached hydrogens (tertiary/aromatic N) is 4. The Labute approximate surface area is 111 Å². The standard InChI is InChI=1S/C9H17N5O4S/c1-19(17,18)14-6-2-9(3-7-14,8(15)16)11-4-5-12-13-10/h11H,2-7H2,1H3,(H,15,16). The van der Waals surface area contributed by atoms with E-state index < -0.39 is 21.5 Å². The molecule has 0 aromatic carbocycles. The molecule has 0 saturated carbocycles. The Bertz CT molecular complexity index is 477. The Kier molecular flexibility index (Phi) is 5.12. The first-order valence-corrected chi connectivity index (χ1v) is 7.61. The van der Waals surface area contributed by atoms with Crippen LogP contribution in [0.25, 0.3) is 10.4 Å². The Morgan fingerprint density at radius 1 is 1.53 bits per heavy atom. The summed E-state index contributed by atoms with van der Waals surface area (Å²) in [5, 5.41) is 15.5. The number of hydrogen-bond donors (Lipinski definition) is 2. The van der Waals surface area contributed by atoms with Gasteiger partial charge < -0.3 is 10.4 Å². The highest BCUT2D eigenvalue weighted by atomic mass is 32.2. The molecule has 0 aromatic rings. The summed E-state index contributed by atoms with van der Waals surface area (Å²) < 4.78 is 24.0. The molecule has 19 heavy (non-hydrogen) atoms. The van der Waals surface area contributed by atoms with Crippen LogP contribution in [0.5, 0.6) is 0 Å². The van der Waals surface area contributed by atoms with Gasteiger partial charge in [-0.05, 0) is 18.4 Å². The third-order valence-electron chi connectivity index (χ3n) is 3.19. The highest BCUT2D eigenvalue weighted by molar-refractivity contribution is 7.88. The number of nitrogens with one attached hydrogen (secondary N) is 1. The molecule has 0 aromatic heterocycles. The fraction of sp³-hybridized carbons (Fsp3) is 0.889. The molecular weight excluding hydrogens is 274 g/mol. The van der Waals surface area contributed by atoms with Gasteiger partial charge >= 0.3 is 5.97 Å². The van der Waals surface area contributed by atoms with Gasteiger partial charge in [0.25, 0.3) is 0 Å². The lowest BCUT2D eigenvalue weighted by Crippen LogP contribution is -2.59. The van der Waals surface area contributed by atoms with Gasteiger partial charge in [-0.1, -0.05) is 5.11 Å². The Hall–Kier alpha value is -1.35. The quantitative estimate of drug-likeness (QED) is 0.301. The van der Waals surface area contributed by atoms with Gasteiger partial charge in [-0.2, -0.15) is 0 Å². The minimum atomic E-state index is -3.28. The zero-order valence-corrected chi connectivity index (χ0v) is 11.4. The lowest BCUT2D eigenvalue weighted by Gasteiger charge is -2.38. The maximum Gasteiger partial charge on any atom is 0.323 e. The normalized spacial score (nSPS) is 19.6. The predicted molar refractivity (Wildman–Crippen MR) is 68.0 cm³/mol. The number of hydrogen-bond acceptors (Lipinski definition) is 5. The largest absolute Gasteiger partial charge is 0.480 e. The average Bonchev–Trinajstić information content (AvgIpc) is 2.34. The smallest absolute Gasteiger partial charge is 0.323 e. The van der Waals surface area contributed by atoms with Crippen LogP contribution in [-0.2, 0) is 14.8 Å². The molecule has 1 aliphatic rings. The Morgan fingerprint density at radius 3 is 2.53 bits per heavy atom. The SMILES string of the molecule is CS(=O)(=O)N1CCC(NCCN=[N+]=[N-])(C(=O)O)CC1. The van der Waals surface area contributed by atoms with Crippen molar-refractivity contribution in [2.45, 2.75) is 18.4 Å². The zero-order valence-electron chi connectivity index (χ0n) is 10.6. The van der Waals surface area contributed by atoms with Crippen molar-refractivity contribution in [1.29, 1.82) is 0 Å². The number of rotatable bonds is 6. The highest BCUT2D eigenvalue weighted by Gasteiger charge is 2.42. The van der Waals surface area contributed by atoms with Crippen LogP contribution in [0.2, 0.25) is 0 Å². The van der Waals surface area contributed by atoms with Crippen molar-refractivity contribution in [1.82, 2.24) is 9.62 Å². The zero-order chi connectivity index (χ0) is 14.5. The molecule has 0 radical (unpaired) electrons. The van der Waals surface area contributed by atoms with Gasteiger partial charge in [0.2, 0.25) is 10.0 Å². The second-order valence-corrected chi connectivity index (χ2v) is 6.41. The average molecular weight is 291 g/mol. The van der Waals surface area contributed by atoms with E-state index in [1.54, 1.807) is 0 Å². The van der Waals surface area contributed by atoms with E-state index in [0.717, 1.165) is 6.26 Å². The lowest BCUT2D eigenvalue weighted by atomic mass is 9.88. The van der Waals surface area contributed by atoms with Crippen molar-refractivity contribution in [3.05, 3.63) is 10.4 Å². The van der Waals surface area contributed by atoms with Crippen LogP contribution in [0.1, 0.15) is 12.8 Å². The van der Waals surface area contributed by atoms with Gasteiger partial charge in [-0.25, -0.2) is 12.7 Å². The second-order valence-electron chi connectivity index (χ2n) is 4.43. The lowest BCUT2D eigenvalue weighted by molar-refractivity contribution is -0.146. The monoisotopic (exact) mass is 291 g/mol. The van der Waals surface area contributed by atoms with Crippen molar-refractivity contribution in [2.75, 3.05) is 32.4 Å². The number of piperidine rings is 1. The molecule has 1 heterocycles. The van der Waals surface area contributed by atoms with E-state index in [0.29, 0.717) is 0 Å². The van der Waals surface area contributed by atoms with Gasteiger partial charge in [0.1, 0.15) is 5.54 Å². The number of aliphatic carboxylic acids is 1. The van der Waals surface area contributed by atoms with Gasteiger partial charge in [-0.15, -0.1) is 0 Å². The predicted octanol–water partition coefficient (Wildman–Crippen LogP) is -0.235. The fourth-order valence-electron chi connectivity index (χ4n) is 2.06. The molecule has 108 valence electrons. The number of azide groups is 1. The van der Waals surface area contributed by atoms with Crippen LogP contribution in [0.15, 0.2) is 5.11 Å². The van der Waals surface area contributed by atoms with E-state index in [-0.39, 0.29) is 39.0 Å². The number of carboxylic acids is 1. The topological polar surface area (TPSA) is 135 Å². The van der Waals surface area contributed by atoms with Gasteiger partial charge in [-0.3, -0.25) is 4.79 Å². The third-order valence-corrected chi connectivity index (χ3v) is 4.50. The van der Waals surface area contributed by atoms with E-state index in [9.17, 15) is 18.3 Å². The minimum absolute atomic E-state index is 0.154. The molecule has 0 spiro atoms. The summed E-state index contributed by atoms with van der Waals surface area (Å²) in [6.45, 7) is 0.732. The van der Waals surface area contributed by atoms with Crippen molar-refractivity contribution in [3.8, 4) is 0 Å². The van der Waals surface area contributed by atoms with E-state index in [1.165, 1.54) is 4.31 Å². The van der Waals surface area contributed by atoms with Gasteiger partial charge in [0, 0.05) is 31.1 Å². The molecule has 10 heteroatoms. The molecule has 2 N–H and O–H groups in total. The molecule has 1 aliphatic heterocycles. The Morgan fingerprint density at radius 2 is 2.11 bits per heavy atom. The van der Waals surface area contributed by atoms with Crippen molar-refractivity contribution in [2.24, 2.45) is 5.11 Å². The van der Waals surface area contributed by atoms with Crippen LogP contribution in [-0.4, -0.2) is 61.8 Å². The summed E-state index contributed by atoms with van der Waals surface area (Å²) in [5.74, 6) is -1.01. The molecule has 9 nitrogen and oxygen atoms in total. The van der Waals surface area contributed by atoms with Crippen LogP contribution in [0, 0.1) is 0 Å². The van der Waals surface area contributed by atoms with Crippen molar-refractivity contribution >= 4 is 16.0 Å². The summed E-state index contributed by atoms with van der Waals surface area (Å²) >= 11 is 0. The van der Waals surface area contributed by atoms with E-state index in [4.69, 9.17) is 5.53 Å². The first kappa shape index (κ1) is 15.7. The maximum atomic E-state index is 11.4. The van der Waals surface area contributed by atoms with E-state index in [2.05, 4.69) is 15.3 Å². The van der Waals surface area contributed by atoms with Crippen LogP contribution < -0.4 is 5.32 Å². The van der Waals surface area contributed by atoms with Crippen molar-refractivity contribution < 1.29 is 18.3 Å². The summed E-state index contributed by atoms with van der Waals surface area (Å²) in [5.41, 5.74) is 7.00. The molecule has 0 atom stereocenters. The van der Waals surface area contributed by atoms with E-state index >= 15 is 0 Å². The minimum Gasteiger partial charge on any atom is -0.480 e. The summed E-state index contributed by atoms with van der Waals surface area (Å²) in [6, 6.07) is 0. The second kappa shape index (κ2) is 6.20. The molecule has 0 unspecified atom stereocenters. The number of sulfonamides is 1. The molecule has 1 rings (SSSR count). The maximum absolute atomic E-state index is 11.4. The molecule has 0 aliphatic carbocycles. The molecule has 1 fully saturated rings. The van der Waals surface area contributed by atoms with E-state index in [1.807, 2.05) is 0 Å². The molecule has 1 saturated heterocycles. The summed E-state index contributed by atoms with van der Waals surface area (Å²) in [7, 11) is -3.28. The molecule has 0 amide bonds. The summed E-state index contributed by atoms with van der Waals surface area (Å²) in [4.78, 5) is 13.9. The highest BCUT2D eigenvalue weighted by Crippen LogP contribution is 2.24. The number of carbonyl (C=O) groups is 1. The first-order valence-electron chi connectivity index (χ1n) is 5.76. The third kappa shape index (κ3) is 4.06. The van der Waals surface area contributed by atoms with Gasteiger partial charge in [0.15, 0.2) is 0 Å². The molecular formula is C9H17N5O4S. The van der Waals surface area contributed by atoms with Crippen LogP contribution in [0.3, 0.4) is 0 Å². The summed E-state index contributed by atoms with van der Waals surface area (Å²) in [6.07, 6.45) is 1.48. The molecule has 0 bridgehead atoms. The van der Waals surface area contributed by atoms with Crippen molar-refractivity contribution in [3.63, 3.8) is 0 Å². The van der Waals surface area contributed by atoms with Gasteiger partial charge in [0.05, 0.1) is 6.26 Å².